The number of piperidine rings is 1. The van der Waals surface area contributed by atoms with E-state index in [9.17, 15) is 21.6 Å². The fourth-order valence-corrected chi connectivity index (χ4v) is 5.95. The first-order chi connectivity index (χ1) is 15.6. The minimum absolute atomic E-state index is 0.0728. The van der Waals surface area contributed by atoms with E-state index >= 15 is 0 Å². The van der Waals surface area contributed by atoms with Crippen molar-refractivity contribution in [2.45, 2.75) is 36.0 Å². The Kier molecular flexibility index (Phi) is 8.11. The average molecular weight is 496 g/mol. The Morgan fingerprint density at radius 3 is 2.12 bits per heavy atom. The van der Waals surface area contributed by atoms with Gasteiger partial charge < -0.3 is 10.1 Å². The molecule has 0 aromatic heterocycles. The molecule has 1 amide bonds. The van der Waals surface area contributed by atoms with Crippen LogP contribution in [0.3, 0.4) is 0 Å². The average Bonchev–Trinajstić information content (AvgIpc) is 2.79. The number of hydrogen-bond donors (Lipinski definition) is 2. The number of anilines is 1. The lowest BCUT2D eigenvalue weighted by Crippen LogP contribution is -2.37. The van der Waals surface area contributed by atoms with Crippen molar-refractivity contribution in [1.82, 2.24) is 9.03 Å². The fourth-order valence-electron chi connectivity index (χ4n) is 3.45. The Bertz CT molecular complexity index is 1160. The number of sulfonamides is 2. The summed E-state index contributed by atoms with van der Waals surface area (Å²) >= 11 is 0. The zero-order valence-electron chi connectivity index (χ0n) is 18.7. The van der Waals surface area contributed by atoms with Crippen LogP contribution in [0.2, 0.25) is 0 Å². The Hall–Kier alpha value is -2.47. The minimum Gasteiger partial charge on any atom is -0.497 e. The molecule has 2 aromatic carbocycles. The van der Waals surface area contributed by atoms with Crippen molar-refractivity contribution < 1.29 is 26.4 Å². The first-order valence-corrected chi connectivity index (χ1v) is 13.6. The van der Waals surface area contributed by atoms with Crippen molar-refractivity contribution in [3.05, 3.63) is 48.5 Å². The first-order valence-electron chi connectivity index (χ1n) is 10.7. The van der Waals surface area contributed by atoms with E-state index < -0.39 is 26.0 Å². The molecular weight excluding hydrogens is 466 g/mol. The van der Waals surface area contributed by atoms with Crippen LogP contribution in [-0.4, -0.2) is 53.8 Å². The van der Waals surface area contributed by atoms with Crippen molar-refractivity contribution in [3.63, 3.8) is 0 Å². The number of carbonyl (C=O) groups is 1. The van der Waals surface area contributed by atoms with Crippen LogP contribution in [0.15, 0.2) is 58.3 Å². The van der Waals surface area contributed by atoms with E-state index in [0.717, 1.165) is 12.8 Å². The molecule has 0 aliphatic carbocycles. The predicted molar refractivity (Wildman–Crippen MR) is 125 cm³/mol. The van der Waals surface area contributed by atoms with Crippen molar-refractivity contribution in [2.75, 3.05) is 32.1 Å². The summed E-state index contributed by atoms with van der Waals surface area (Å²) in [6.45, 7) is 3.05. The third-order valence-electron chi connectivity index (χ3n) is 5.53. The van der Waals surface area contributed by atoms with E-state index in [1.54, 1.807) is 0 Å². The van der Waals surface area contributed by atoms with Crippen LogP contribution in [0.5, 0.6) is 5.75 Å². The molecule has 0 radical (unpaired) electrons. The highest BCUT2D eigenvalue weighted by atomic mass is 32.2. The number of nitrogens with one attached hydrogen (secondary N) is 2. The summed E-state index contributed by atoms with van der Waals surface area (Å²) in [5.74, 6) is 0.667. The van der Waals surface area contributed by atoms with Gasteiger partial charge in [0.05, 0.1) is 16.9 Å². The number of methoxy groups -OCH3 is 1. The Morgan fingerprint density at radius 1 is 0.970 bits per heavy atom. The van der Waals surface area contributed by atoms with Crippen molar-refractivity contribution >= 4 is 31.6 Å². The molecule has 2 aromatic rings. The molecule has 0 unspecified atom stereocenters. The predicted octanol–water partition coefficient (Wildman–Crippen LogP) is 2.42. The normalized spacial score (nSPS) is 15.8. The molecule has 2 N–H and O–H groups in total. The Labute approximate surface area is 195 Å². The highest BCUT2D eigenvalue weighted by Crippen LogP contribution is 2.24. The quantitative estimate of drug-likeness (QED) is 0.551. The molecule has 11 heteroatoms. The van der Waals surface area contributed by atoms with Crippen LogP contribution in [0.4, 0.5) is 5.69 Å². The number of nitrogens with zero attached hydrogens (tertiary/aromatic N) is 1. The lowest BCUT2D eigenvalue weighted by atomic mass is 10.0. The van der Waals surface area contributed by atoms with Gasteiger partial charge in [-0.05, 0) is 67.3 Å². The van der Waals surface area contributed by atoms with Gasteiger partial charge in [-0.1, -0.05) is 6.92 Å². The van der Waals surface area contributed by atoms with E-state index in [2.05, 4.69) is 17.0 Å². The van der Waals surface area contributed by atoms with Crippen molar-refractivity contribution in [1.29, 1.82) is 0 Å². The zero-order chi connectivity index (χ0) is 24.1. The summed E-state index contributed by atoms with van der Waals surface area (Å²) in [6.07, 6.45) is 1.60. The molecule has 0 atom stereocenters. The molecular formula is C22H29N3O6S2. The molecule has 1 aliphatic rings. The molecule has 0 spiro atoms. The third kappa shape index (κ3) is 6.53. The summed E-state index contributed by atoms with van der Waals surface area (Å²) in [5, 5.41) is 2.65. The minimum atomic E-state index is -3.75. The monoisotopic (exact) mass is 495 g/mol. The number of carbonyl (C=O) groups excluding carboxylic acids is 1. The maximum Gasteiger partial charge on any atom is 0.243 e. The standard InChI is InChI=1S/C22H29N3O6S2/c1-17-12-15-25(16-13-17)33(29,30)21-7-3-18(4-8-21)24-22(26)11-14-23-32(27,28)20-9-5-19(31-2)6-10-20/h3-10,17,23H,11-16H2,1-2H3,(H,24,26). The molecule has 9 nitrogen and oxygen atoms in total. The van der Waals surface area contributed by atoms with Crippen LogP contribution >= 0.6 is 0 Å². The number of benzene rings is 2. The van der Waals surface area contributed by atoms with Gasteiger partial charge in [0.15, 0.2) is 0 Å². The second-order valence-corrected chi connectivity index (χ2v) is 11.7. The zero-order valence-corrected chi connectivity index (χ0v) is 20.3. The summed E-state index contributed by atoms with van der Waals surface area (Å²) in [7, 11) is -5.81. The second-order valence-electron chi connectivity index (χ2n) is 7.98. The highest BCUT2D eigenvalue weighted by Gasteiger charge is 2.27. The molecule has 180 valence electrons. The fraction of sp³-hybridized carbons (Fsp3) is 0.409. The molecule has 3 rings (SSSR count). The van der Waals surface area contributed by atoms with Crippen LogP contribution in [0.25, 0.3) is 0 Å². The molecule has 0 bridgehead atoms. The lowest BCUT2D eigenvalue weighted by molar-refractivity contribution is -0.116. The van der Waals surface area contributed by atoms with Gasteiger partial charge in [0, 0.05) is 31.7 Å². The maximum absolute atomic E-state index is 12.8. The van der Waals surface area contributed by atoms with Gasteiger partial charge in [0.25, 0.3) is 0 Å². The summed E-state index contributed by atoms with van der Waals surface area (Å²) in [5.41, 5.74) is 0.434. The van der Waals surface area contributed by atoms with E-state index in [-0.39, 0.29) is 22.8 Å². The summed E-state index contributed by atoms with van der Waals surface area (Å²) in [6, 6.07) is 11.9. The number of rotatable bonds is 9. The molecule has 1 aliphatic heterocycles. The largest absolute Gasteiger partial charge is 0.497 e. The number of amides is 1. The SMILES string of the molecule is COc1ccc(S(=O)(=O)NCCC(=O)Nc2ccc(S(=O)(=O)N3CCC(C)CC3)cc2)cc1. The van der Waals surface area contributed by atoms with Crippen molar-refractivity contribution in [2.24, 2.45) is 5.92 Å². The number of hydrogen-bond acceptors (Lipinski definition) is 6. The first kappa shape index (κ1) is 25.2. The molecule has 33 heavy (non-hydrogen) atoms. The van der Waals surface area contributed by atoms with Gasteiger partial charge >= 0.3 is 0 Å². The van der Waals surface area contributed by atoms with Crippen LogP contribution in [0, 0.1) is 5.92 Å². The van der Waals surface area contributed by atoms with E-state index in [1.165, 1.54) is 59.9 Å². The topological polar surface area (TPSA) is 122 Å². The van der Waals surface area contributed by atoms with Gasteiger partial charge in [-0.15, -0.1) is 0 Å². The molecule has 1 saturated heterocycles. The van der Waals surface area contributed by atoms with E-state index in [1.807, 2.05) is 0 Å². The smallest absolute Gasteiger partial charge is 0.243 e. The van der Waals surface area contributed by atoms with Gasteiger partial charge in [0.2, 0.25) is 26.0 Å². The Morgan fingerprint density at radius 2 is 1.55 bits per heavy atom. The summed E-state index contributed by atoms with van der Waals surface area (Å²) < 4.78 is 59.1. The molecule has 1 heterocycles. The van der Waals surface area contributed by atoms with Crippen molar-refractivity contribution in [3.8, 4) is 5.75 Å². The number of ether oxygens (including phenoxy) is 1. The van der Waals surface area contributed by atoms with Gasteiger partial charge in [0.1, 0.15) is 5.75 Å². The van der Waals surface area contributed by atoms with E-state index in [0.29, 0.717) is 30.4 Å². The van der Waals surface area contributed by atoms with Gasteiger partial charge in [-0.25, -0.2) is 21.6 Å². The second kappa shape index (κ2) is 10.6. The molecule has 1 fully saturated rings. The lowest BCUT2D eigenvalue weighted by Gasteiger charge is -2.29. The maximum atomic E-state index is 12.8. The van der Waals surface area contributed by atoms with Gasteiger partial charge in [-0.2, -0.15) is 4.31 Å². The van der Waals surface area contributed by atoms with Crippen LogP contribution < -0.4 is 14.8 Å². The van der Waals surface area contributed by atoms with Crippen LogP contribution in [-0.2, 0) is 24.8 Å². The third-order valence-corrected chi connectivity index (χ3v) is 8.92. The summed E-state index contributed by atoms with van der Waals surface area (Å²) in [4.78, 5) is 12.4. The van der Waals surface area contributed by atoms with E-state index in [4.69, 9.17) is 4.74 Å². The molecule has 0 saturated carbocycles. The Balaban J connectivity index is 1.51. The highest BCUT2D eigenvalue weighted by molar-refractivity contribution is 7.89. The van der Waals surface area contributed by atoms with Crippen LogP contribution in [0.1, 0.15) is 26.2 Å². The van der Waals surface area contributed by atoms with Gasteiger partial charge in [-0.3, -0.25) is 4.79 Å².